The van der Waals surface area contributed by atoms with E-state index < -0.39 is 0 Å². The molecule has 0 spiro atoms. The summed E-state index contributed by atoms with van der Waals surface area (Å²) in [6.07, 6.45) is 3.37. The molecule has 0 amide bonds. The Morgan fingerprint density at radius 3 is 3.00 bits per heavy atom. The summed E-state index contributed by atoms with van der Waals surface area (Å²) >= 11 is 0. The van der Waals surface area contributed by atoms with Crippen molar-refractivity contribution in [3.05, 3.63) is 24.8 Å². The van der Waals surface area contributed by atoms with Gasteiger partial charge in [0.15, 0.2) is 0 Å². The molecule has 0 atom stereocenters. The van der Waals surface area contributed by atoms with Crippen LogP contribution in [0.4, 0.5) is 0 Å². The van der Waals surface area contributed by atoms with Gasteiger partial charge in [-0.15, -0.1) is 0 Å². The van der Waals surface area contributed by atoms with E-state index >= 15 is 0 Å². The maximum atomic E-state index is 5.08. The Bertz CT molecular complexity index is 121. The van der Waals surface area contributed by atoms with Crippen LogP contribution in [0.15, 0.2) is 12.4 Å². The molecule has 7 heavy (non-hydrogen) atoms. The first kappa shape index (κ1) is 4.33. The normalized spacial score (nSPS) is 9.29. The lowest BCUT2D eigenvalue weighted by molar-refractivity contribution is 1.13. The molecule has 1 aromatic heterocycles. The molecule has 1 aromatic rings. The maximum Gasteiger partial charge on any atom is 0.125 e. The summed E-state index contributed by atoms with van der Waals surface area (Å²) in [7, 11) is 0. The predicted molar refractivity (Wildman–Crippen MR) is 26.2 cm³/mol. The third-order valence-electron chi connectivity index (χ3n) is 0.677. The molecule has 37 valence electrons. The van der Waals surface area contributed by atoms with Crippen molar-refractivity contribution < 1.29 is 0 Å². The van der Waals surface area contributed by atoms with Crippen molar-refractivity contribution in [3.63, 3.8) is 0 Å². The third kappa shape index (κ3) is 0.778. The monoisotopic (exact) mass is 96.1 g/mol. The minimum Gasteiger partial charge on any atom is -0.347 e. The highest BCUT2D eigenvalue weighted by Gasteiger charge is 1.83. The van der Waals surface area contributed by atoms with Crippen LogP contribution >= 0.6 is 0 Å². The zero-order valence-electron chi connectivity index (χ0n) is 3.76. The minimum atomic E-state index is 0.708. The van der Waals surface area contributed by atoms with Gasteiger partial charge in [0.25, 0.3) is 0 Å². The Morgan fingerprint density at radius 2 is 2.71 bits per heavy atom. The smallest absolute Gasteiger partial charge is 0.125 e. The van der Waals surface area contributed by atoms with Gasteiger partial charge in [-0.25, -0.2) is 4.98 Å². The van der Waals surface area contributed by atoms with Crippen LogP contribution in [0.5, 0.6) is 0 Å². The Morgan fingerprint density at radius 1 is 1.86 bits per heavy atom. The number of aromatic nitrogens is 2. The molecule has 3 nitrogen and oxygen atoms in total. The highest BCUT2D eigenvalue weighted by atomic mass is 14.9. The number of rotatable bonds is 1. The summed E-state index contributed by atoms with van der Waals surface area (Å²) < 4.78 is 0. The van der Waals surface area contributed by atoms with Gasteiger partial charge < -0.3 is 10.7 Å². The fraction of sp³-hybridized carbons (Fsp3) is 0. The van der Waals surface area contributed by atoms with Crippen LogP contribution in [0.2, 0.25) is 0 Å². The molecule has 0 unspecified atom stereocenters. The summed E-state index contributed by atoms with van der Waals surface area (Å²) in [5.41, 5.74) is 5.08. The van der Waals surface area contributed by atoms with Crippen molar-refractivity contribution in [3.8, 4) is 0 Å². The van der Waals surface area contributed by atoms with Gasteiger partial charge in [0, 0.05) is 12.4 Å². The molecule has 1 radical (unpaired) electrons. The van der Waals surface area contributed by atoms with Gasteiger partial charge >= 0.3 is 0 Å². The molecule has 0 bridgehead atoms. The van der Waals surface area contributed by atoms with Crippen LogP contribution in [0, 0.1) is 6.54 Å². The summed E-state index contributed by atoms with van der Waals surface area (Å²) in [4.78, 5) is 6.59. The first-order valence-corrected chi connectivity index (χ1v) is 1.98. The zero-order chi connectivity index (χ0) is 5.11. The average Bonchev–Trinajstić information content (AvgIpc) is 2.14. The second-order valence-electron chi connectivity index (χ2n) is 1.14. The van der Waals surface area contributed by atoms with Gasteiger partial charge in [-0.2, -0.15) is 0 Å². The van der Waals surface area contributed by atoms with Gasteiger partial charge in [0.1, 0.15) is 5.82 Å². The quantitative estimate of drug-likeness (QED) is 0.512. The lowest BCUT2D eigenvalue weighted by Crippen LogP contribution is -1.93. The molecule has 0 aliphatic carbocycles. The number of H-pyrrole nitrogens is 1. The van der Waals surface area contributed by atoms with Crippen molar-refractivity contribution in [2.24, 2.45) is 5.73 Å². The van der Waals surface area contributed by atoms with E-state index in [1.165, 1.54) is 6.54 Å². The number of hydrogen-bond acceptors (Lipinski definition) is 2. The van der Waals surface area contributed by atoms with Gasteiger partial charge in [-0.1, -0.05) is 0 Å². The Labute approximate surface area is 41.6 Å². The lowest BCUT2D eigenvalue weighted by Gasteiger charge is -1.79. The lowest BCUT2D eigenvalue weighted by atomic mass is 10.6. The van der Waals surface area contributed by atoms with Gasteiger partial charge in [-0.05, 0) is 0 Å². The molecule has 3 N–H and O–H groups in total. The number of aromatic amines is 1. The Hall–Kier alpha value is -0.830. The Kier molecular flexibility index (Phi) is 1.08. The summed E-state index contributed by atoms with van der Waals surface area (Å²) in [5.74, 6) is 0.708. The molecule has 0 aliphatic rings. The molecule has 0 aliphatic heterocycles. The maximum absolute atomic E-state index is 5.08. The number of nitrogens with one attached hydrogen (secondary N) is 1. The fourth-order valence-electron chi connectivity index (χ4n) is 0.369. The topological polar surface area (TPSA) is 54.7 Å². The van der Waals surface area contributed by atoms with Crippen molar-refractivity contribution in [1.82, 2.24) is 9.97 Å². The van der Waals surface area contributed by atoms with Crippen LogP contribution in [0.1, 0.15) is 5.82 Å². The van der Waals surface area contributed by atoms with E-state index in [-0.39, 0.29) is 0 Å². The molecular formula is C4H6N3. The van der Waals surface area contributed by atoms with E-state index in [1.54, 1.807) is 12.4 Å². The van der Waals surface area contributed by atoms with Gasteiger partial charge in [0.05, 0.1) is 6.54 Å². The first-order valence-electron chi connectivity index (χ1n) is 1.98. The molecule has 0 aromatic carbocycles. The predicted octanol–water partition coefficient (Wildman–Crippen LogP) is -0.122. The van der Waals surface area contributed by atoms with Crippen LogP contribution in [-0.2, 0) is 0 Å². The van der Waals surface area contributed by atoms with E-state index in [2.05, 4.69) is 9.97 Å². The van der Waals surface area contributed by atoms with Crippen molar-refractivity contribution in [2.75, 3.05) is 0 Å². The van der Waals surface area contributed by atoms with Crippen LogP contribution in [0.25, 0.3) is 0 Å². The average molecular weight is 96.1 g/mol. The van der Waals surface area contributed by atoms with E-state index in [0.29, 0.717) is 5.82 Å². The molecule has 1 rings (SSSR count). The number of hydrogen-bond donors (Lipinski definition) is 2. The standard InChI is InChI=1S/C4H6N3/c5-3-4-6-1-2-7-4/h1-3H,5H2,(H,6,7). The second-order valence-corrected chi connectivity index (χ2v) is 1.14. The summed E-state index contributed by atoms with van der Waals surface area (Å²) in [6.45, 7) is 1.42. The minimum absolute atomic E-state index is 0.708. The van der Waals surface area contributed by atoms with Gasteiger partial charge in [0.2, 0.25) is 0 Å². The van der Waals surface area contributed by atoms with Gasteiger partial charge in [-0.3, -0.25) is 0 Å². The summed E-state index contributed by atoms with van der Waals surface area (Å²) in [6, 6.07) is 0. The highest BCUT2D eigenvalue weighted by Crippen LogP contribution is 1.83. The fourth-order valence-corrected chi connectivity index (χ4v) is 0.369. The molecule has 0 saturated heterocycles. The largest absolute Gasteiger partial charge is 0.347 e. The third-order valence-corrected chi connectivity index (χ3v) is 0.677. The first-order chi connectivity index (χ1) is 3.43. The SMILES string of the molecule is N[CH]c1ncc[nH]1. The van der Waals surface area contributed by atoms with Crippen molar-refractivity contribution >= 4 is 0 Å². The molecular weight excluding hydrogens is 90.1 g/mol. The zero-order valence-corrected chi connectivity index (χ0v) is 3.76. The van der Waals surface area contributed by atoms with E-state index in [9.17, 15) is 0 Å². The number of nitrogens with zero attached hydrogens (tertiary/aromatic N) is 1. The van der Waals surface area contributed by atoms with Crippen LogP contribution < -0.4 is 5.73 Å². The molecule has 1 heterocycles. The van der Waals surface area contributed by atoms with E-state index in [0.717, 1.165) is 0 Å². The van der Waals surface area contributed by atoms with E-state index in [1.807, 2.05) is 0 Å². The number of nitrogens with two attached hydrogens (primary N) is 1. The molecule has 0 fully saturated rings. The number of imidazole rings is 1. The Balaban J connectivity index is 2.76. The van der Waals surface area contributed by atoms with E-state index in [4.69, 9.17) is 5.73 Å². The van der Waals surface area contributed by atoms with Crippen molar-refractivity contribution in [2.45, 2.75) is 0 Å². The molecule has 3 heteroatoms. The van der Waals surface area contributed by atoms with Crippen LogP contribution in [-0.4, -0.2) is 9.97 Å². The van der Waals surface area contributed by atoms with Crippen LogP contribution in [0.3, 0.4) is 0 Å². The van der Waals surface area contributed by atoms with Crippen molar-refractivity contribution in [1.29, 1.82) is 0 Å². The summed E-state index contributed by atoms with van der Waals surface area (Å²) in [5, 5.41) is 0. The molecule has 0 saturated carbocycles. The second kappa shape index (κ2) is 1.75. The highest BCUT2D eigenvalue weighted by molar-refractivity contribution is 4.96.